The Hall–Kier alpha value is -2.99. The number of aromatic nitrogens is 1. The first-order chi connectivity index (χ1) is 12.4. The average Bonchev–Trinajstić information content (AvgIpc) is 2.64. The molecule has 0 fully saturated rings. The first-order valence-electron chi connectivity index (χ1n) is 7.77. The summed E-state index contributed by atoms with van der Waals surface area (Å²) in [5.41, 5.74) is 0.832. The van der Waals surface area contributed by atoms with E-state index in [1.54, 1.807) is 48.0 Å². The fourth-order valence-electron chi connectivity index (χ4n) is 2.74. The van der Waals surface area contributed by atoms with Gasteiger partial charge in [0.2, 0.25) is 5.43 Å². The van der Waals surface area contributed by atoms with E-state index in [1.807, 2.05) is 0 Å². The number of fused-ring (bicyclic) bond motifs is 1. The molecule has 6 nitrogen and oxygen atoms in total. The second-order valence-corrected chi connectivity index (χ2v) is 6.10. The summed E-state index contributed by atoms with van der Waals surface area (Å²) >= 11 is 5.99. The fourth-order valence-corrected chi connectivity index (χ4v) is 2.91. The summed E-state index contributed by atoms with van der Waals surface area (Å²) in [6, 6.07) is 9.97. The third-order valence-corrected chi connectivity index (χ3v) is 4.27. The normalized spacial score (nSPS) is 10.6. The molecule has 1 aromatic heterocycles. The van der Waals surface area contributed by atoms with Crippen LogP contribution in [0.1, 0.15) is 10.4 Å². The summed E-state index contributed by atoms with van der Waals surface area (Å²) in [4.78, 5) is 25.4. The first kappa shape index (κ1) is 17.8. The molecule has 0 aliphatic carbocycles. The standard InChI is InChI=1S/C19H17ClN2O4/c1-22-10-14(18(23)13-8-11(20)4-6-15(13)22)19(24)21-12-5-7-16(25-2)17(9-12)26-3/h4-10H,1-3H3,(H,21,24). The van der Waals surface area contributed by atoms with Gasteiger partial charge in [0, 0.05) is 35.4 Å². The van der Waals surface area contributed by atoms with Gasteiger partial charge in [0.25, 0.3) is 5.91 Å². The van der Waals surface area contributed by atoms with Gasteiger partial charge in [0.05, 0.1) is 19.7 Å². The van der Waals surface area contributed by atoms with Crippen molar-refractivity contribution in [3.8, 4) is 11.5 Å². The van der Waals surface area contributed by atoms with Gasteiger partial charge in [0.1, 0.15) is 5.56 Å². The van der Waals surface area contributed by atoms with E-state index >= 15 is 0 Å². The molecule has 1 amide bonds. The van der Waals surface area contributed by atoms with Crippen LogP contribution >= 0.6 is 11.6 Å². The van der Waals surface area contributed by atoms with Crippen molar-refractivity contribution in [2.24, 2.45) is 7.05 Å². The Balaban J connectivity index is 2.01. The number of halogens is 1. The van der Waals surface area contributed by atoms with Gasteiger partial charge >= 0.3 is 0 Å². The molecular weight excluding hydrogens is 356 g/mol. The van der Waals surface area contributed by atoms with E-state index in [9.17, 15) is 9.59 Å². The third kappa shape index (κ3) is 3.23. The molecule has 26 heavy (non-hydrogen) atoms. The van der Waals surface area contributed by atoms with Gasteiger partial charge in [-0.1, -0.05) is 11.6 Å². The van der Waals surface area contributed by atoms with Crippen molar-refractivity contribution in [1.82, 2.24) is 4.57 Å². The van der Waals surface area contributed by atoms with Gasteiger partial charge in [-0.05, 0) is 30.3 Å². The van der Waals surface area contributed by atoms with E-state index in [-0.39, 0.29) is 11.0 Å². The second kappa shape index (κ2) is 7.09. The first-order valence-corrected chi connectivity index (χ1v) is 8.14. The Kier molecular flexibility index (Phi) is 4.86. The van der Waals surface area contributed by atoms with Gasteiger partial charge in [0.15, 0.2) is 11.5 Å². The van der Waals surface area contributed by atoms with Crippen molar-refractivity contribution in [2.45, 2.75) is 0 Å². The summed E-state index contributed by atoms with van der Waals surface area (Å²) < 4.78 is 12.1. The lowest BCUT2D eigenvalue weighted by Crippen LogP contribution is -2.23. The molecule has 134 valence electrons. The molecule has 7 heteroatoms. The van der Waals surface area contributed by atoms with Gasteiger partial charge < -0.3 is 19.4 Å². The Morgan fingerprint density at radius 2 is 1.81 bits per heavy atom. The average molecular weight is 373 g/mol. The quantitative estimate of drug-likeness (QED) is 0.761. The zero-order chi connectivity index (χ0) is 18.8. The number of ether oxygens (including phenoxy) is 2. The minimum atomic E-state index is -0.514. The van der Waals surface area contributed by atoms with E-state index < -0.39 is 5.91 Å². The number of hydrogen-bond donors (Lipinski definition) is 1. The highest BCUT2D eigenvalue weighted by Crippen LogP contribution is 2.29. The number of amides is 1. The van der Waals surface area contributed by atoms with Crippen molar-refractivity contribution >= 4 is 34.1 Å². The lowest BCUT2D eigenvalue weighted by Gasteiger charge is -2.12. The highest BCUT2D eigenvalue weighted by Gasteiger charge is 2.16. The molecule has 0 atom stereocenters. The molecule has 0 aliphatic rings. The van der Waals surface area contributed by atoms with Gasteiger partial charge in [-0.25, -0.2) is 0 Å². The molecule has 3 rings (SSSR count). The van der Waals surface area contributed by atoms with Crippen molar-refractivity contribution in [1.29, 1.82) is 0 Å². The number of methoxy groups -OCH3 is 2. The maximum atomic E-state index is 12.7. The van der Waals surface area contributed by atoms with E-state index in [0.717, 1.165) is 0 Å². The maximum Gasteiger partial charge on any atom is 0.261 e. The van der Waals surface area contributed by atoms with E-state index in [4.69, 9.17) is 21.1 Å². The molecular formula is C19H17ClN2O4. The number of nitrogens with one attached hydrogen (secondary N) is 1. The molecule has 0 saturated carbocycles. The number of benzene rings is 2. The molecule has 0 bridgehead atoms. The minimum Gasteiger partial charge on any atom is -0.493 e. The van der Waals surface area contributed by atoms with E-state index in [1.165, 1.54) is 20.4 Å². The summed E-state index contributed by atoms with van der Waals surface area (Å²) in [5.74, 6) is 0.505. The Morgan fingerprint density at radius 1 is 1.08 bits per heavy atom. The van der Waals surface area contributed by atoms with Crippen LogP contribution in [0.4, 0.5) is 5.69 Å². The minimum absolute atomic E-state index is 0.0250. The number of nitrogens with zero attached hydrogens (tertiary/aromatic N) is 1. The van der Waals surface area contributed by atoms with Crippen LogP contribution in [0.25, 0.3) is 10.9 Å². The van der Waals surface area contributed by atoms with Crippen LogP contribution in [0.5, 0.6) is 11.5 Å². The van der Waals surface area contributed by atoms with Crippen LogP contribution in [-0.4, -0.2) is 24.7 Å². The van der Waals surface area contributed by atoms with Crippen LogP contribution in [0.3, 0.4) is 0 Å². The zero-order valence-electron chi connectivity index (χ0n) is 14.5. The largest absolute Gasteiger partial charge is 0.493 e. The van der Waals surface area contributed by atoms with Crippen LogP contribution in [0.2, 0.25) is 5.02 Å². The van der Waals surface area contributed by atoms with Crippen LogP contribution < -0.4 is 20.2 Å². The summed E-state index contributed by atoms with van der Waals surface area (Å²) in [5, 5.41) is 3.54. The monoisotopic (exact) mass is 372 g/mol. The fraction of sp³-hybridized carbons (Fsp3) is 0.158. The van der Waals surface area contributed by atoms with Gasteiger partial charge in [-0.15, -0.1) is 0 Å². The summed E-state index contributed by atoms with van der Waals surface area (Å²) in [6.45, 7) is 0. The molecule has 0 unspecified atom stereocenters. The maximum absolute atomic E-state index is 12.7. The van der Waals surface area contributed by atoms with Crippen molar-refractivity contribution in [3.63, 3.8) is 0 Å². The number of anilines is 1. The third-order valence-electron chi connectivity index (χ3n) is 4.04. The molecule has 0 saturated heterocycles. The lowest BCUT2D eigenvalue weighted by molar-refractivity contribution is 0.102. The smallest absolute Gasteiger partial charge is 0.261 e. The zero-order valence-corrected chi connectivity index (χ0v) is 15.3. The van der Waals surface area contributed by atoms with Crippen LogP contribution in [-0.2, 0) is 7.05 Å². The van der Waals surface area contributed by atoms with Crippen LogP contribution in [0.15, 0.2) is 47.4 Å². The SMILES string of the molecule is COc1ccc(NC(=O)c2cn(C)c3ccc(Cl)cc3c2=O)cc1OC. The number of aryl methyl sites for hydroxylation is 1. The van der Waals surface area contributed by atoms with Crippen molar-refractivity contribution in [2.75, 3.05) is 19.5 Å². The highest BCUT2D eigenvalue weighted by atomic mass is 35.5. The molecule has 0 spiro atoms. The number of carbonyl (C=O) groups is 1. The lowest BCUT2D eigenvalue weighted by atomic mass is 10.1. The predicted molar refractivity (Wildman–Crippen MR) is 102 cm³/mol. The summed E-state index contributed by atoms with van der Waals surface area (Å²) in [7, 11) is 4.80. The molecule has 1 heterocycles. The Morgan fingerprint density at radius 3 is 2.50 bits per heavy atom. The highest BCUT2D eigenvalue weighted by molar-refractivity contribution is 6.31. The Labute approximate surface area is 154 Å². The van der Waals surface area contributed by atoms with Crippen molar-refractivity contribution in [3.05, 3.63) is 63.4 Å². The van der Waals surface area contributed by atoms with Crippen molar-refractivity contribution < 1.29 is 14.3 Å². The number of carbonyl (C=O) groups excluding carboxylic acids is 1. The topological polar surface area (TPSA) is 69.6 Å². The number of hydrogen-bond acceptors (Lipinski definition) is 4. The summed E-state index contributed by atoms with van der Waals surface area (Å²) in [6.07, 6.45) is 1.51. The second-order valence-electron chi connectivity index (χ2n) is 5.67. The van der Waals surface area contributed by atoms with E-state index in [0.29, 0.717) is 33.1 Å². The number of pyridine rings is 1. The molecule has 1 N–H and O–H groups in total. The Bertz CT molecular complexity index is 1060. The molecule has 0 aliphatic heterocycles. The van der Waals surface area contributed by atoms with E-state index in [2.05, 4.69) is 5.32 Å². The molecule has 3 aromatic rings. The van der Waals surface area contributed by atoms with Gasteiger partial charge in [-0.3, -0.25) is 9.59 Å². The molecule has 0 radical (unpaired) electrons. The van der Waals surface area contributed by atoms with Crippen LogP contribution in [0, 0.1) is 0 Å². The predicted octanol–water partition coefficient (Wildman–Crippen LogP) is 3.46. The number of rotatable bonds is 4. The van der Waals surface area contributed by atoms with Gasteiger partial charge in [-0.2, -0.15) is 0 Å². The molecule has 2 aromatic carbocycles.